The molecule has 116 valence electrons. The van der Waals surface area contributed by atoms with E-state index in [0.717, 1.165) is 10.6 Å². The fraction of sp³-hybridized carbons (Fsp3) is 0.188. The third-order valence-electron chi connectivity index (χ3n) is 3.04. The number of hydrogen-bond donors (Lipinski definition) is 2. The van der Waals surface area contributed by atoms with Gasteiger partial charge in [0.2, 0.25) is 5.37 Å². The highest BCUT2D eigenvalue weighted by Gasteiger charge is 2.35. The van der Waals surface area contributed by atoms with Crippen LogP contribution in [0.5, 0.6) is 0 Å². The third-order valence-corrected chi connectivity index (χ3v) is 4.26. The number of para-hydroxylation sites is 1. The molecule has 0 saturated carbocycles. The molecule has 3 rings (SSSR count). The molecule has 3 N–H and O–H groups in total. The summed E-state index contributed by atoms with van der Waals surface area (Å²) in [6.07, 6.45) is 0. The molecule has 1 heterocycles. The summed E-state index contributed by atoms with van der Waals surface area (Å²) in [6.45, 7) is 0.640. The van der Waals surface area contributed by atoms with Gasteiger partial charge in [0, 0.05) is 11.4 Å². The lowest BCUT2D eigenvalue weighted by Crippen LogP contribution is -2.34. The van der Waals surface area contributed by atoms with Crippen LogP contribution < -0.4 is 10.8 Å². The van der Waals surface area contributed by atoms with E-state index in [-0.39, 0.29) is 0 Å². The summed E-state index contributed by atoms with van der Waals surface area (Å²) in [7, 11) is 1.47. The van der Waals surface area contributed by atoms with Gasteiger partial charge in [0.05, 0.1) is 12.8 Å². The molecule has 0 saturated heterocycles. The Morgan fingerprint density at radius 3 is 2.41 bits per heavy atom. The van der Waals surface area contributed by atoms with Gasteiger partial charge in [-0.25, -0.2) is 9.86 Å². The number of thioether (sulfide) groups is 1. The van der Waals surface area contributed by atoms with Crippen LogP contribution >= 0.6 is 11.8 Å². The number of fused-ring (bicyclic) bond motifs is 1. The molecule has 5 nitrogen and oxygen atoms in total. The number of carboxylic acid groups (broad SMARTS) is 1. The monoisotopic (exact) mass is 318 g/mol. The summed E-state index contributed by atoms with van der Waals surface area (Å²) < 4.78 is 0. The van der Waals surface area contributed by atoms with Gasteiger partial charge in [0.15, 0.2) is 0 Å². The van der Waals surface area contributed by atoms with Crippen LogP contribution in [0.3, 0.4) is 0 Å². The number of nitrogens with two attached hydrogens (primary N) is 1. The van der Waals surface area contributed by atoms with E-state index in [2.05, 4.69) is 0 Å². The van der Waals surface area contributed by atoms with Crippen molar-refractivity contribution < 1.29 is 14.7 Å². The smallest absolute Gasteiger partial charge is 0.339 e. The van der Waals surface area contributed by atoms with Crippen LogP contribution in [0.25, 0.3) is 0 Å². The van der Waals surface area contributed by atoms with Crippen LogP contribution in [-0.4, -0.2) is 23.6 Å². The van der Waals surface area contributed by atoms with Gasteiger partial charge in [0.1, 0.15) is 0 Å². The molecule has 0 spiro atoms. The lowest BCUT2D eigenvalue weighted by Gasteiger charge is -2.19. The van der Waals surface area contributed by atoms with E-state index in [0.29, 0.717) is 6.54 Å². The van der Waals surface area contributed by atoms with Crippen molar-refractivity contribution in [2.75, 3.05) is 12.2 Å². The number of anilines is 1. The summed E-state index contributed by atoms with van der Waals surface area (Å²) >= 11 is 1.28. The first-order chi connectivity index (χ1) is 10.7. The third kappa shape index (κ3) is 3.79. The van der Waals surface area contributed by atoms with Crippen LogP contribution in [0, 0.1) is 0 Å². The molecule has 2 aromatic rings. The Balaban J connectivity index is 0.000000188. The normalized spacial score (nSPS) is 15.7. The molecule has 22 heavy (non-hydrogen) atoms. The first kappa shape index (κ1) is 16.4. The maximum absolute atomic E-state index is 10.9. The van der Waals surface area contributed by atoms with E-state index in [9.17, 15) is 4.79 Å². The molecule has 1 unspecified atom stereocenters. The number of hydroxylamine groups is 1. The van der Waals surface area contributed by atoms with Crippen molar-refractivity contribution in [2.45, 2.75) is 16.8 Å². The number of rotatable bonds is 3. The number of hydrogen-bond acceptors (Lipinski definition) is 5. The summed E-state index contributed by atoms with van der Waals surface area (Å²) in [5, 5.41) is 9.67. The minimum Gasteiger partial charge on any atom is -0.479 e. The van der Waals surface area contributed by atoms with E-state index in [4.69, 9.17) is 15.7 Å². The van der Waals surface area contributed by atoms with E-state index < -0.39 is 11.3 Å². The van der Waals surface area contributed by atoms with Crippen molar-refractivity contribution in [1.82, 2.24) is 0 Å². The first-order valence-corrected chi connectivity index (χ1v) is 7.61. The zero-order chi connectivity index (χ0) is 15.9. The molecule has 1 atom stereocenters. The minimum absolute atomic E-state index is 0.640. The molecule has 0 aliphatic carbocycles. The predicted octanol–water partition coefficient (Wildman–Crippen LogP) is 2.72. The maximum atomic E-state index is 10.9. The van der Waals surface area contributed by atoms with Gasteiger partial charge in [-0.15, -0.1) is 0 Å². The second-order valence-electron chi connectivity index (χ2n) is 4.47. The molecule has 0 amide bonds. The van der Waals surface area contributed by atoms with Crippen LogP contribution in [0.2, 0.25) is 0 Å². The van der Waals surface area contributed by atoms with Crippen LogP contribution in [0.1, 0.15) is 5.56 Å². The summed E-state index contributed by atoms with van der Waals surface area (Å²) in [5.41, 5.74) is 7.35. The summed E-state index contributed by atoms with van der Waals surface area (Å²) in [6, 6.07) is 17.5. The van der Waals surface area contributed by atoms with Crippen molar-refractivity contribution >= 4 is 23.4 Å². The molecule has 2 aromatic carbocycles. The van der Waals surface area contributed by atoms with Crippen LogP contribution in [-0.2, 0) is 16.2 Å². The van der Waals surface area contributed by atoms with Gasteiger partial charge in [0.25, 0.3) is 0 Å². The van der Waals surface area contributed by atoms with Crippen LogP contribution in [0.15, 0.2) is 59.5 Å². The largest absolute Gasteiger partial charge is 0.479 e. The quantitative estimate of drug-likeness (QED) is 0.906. The predicted molar refractivity (Wildman–Crippen MR) is 87.5 cm³/mol. The number of carbonyl (C=O) groups is 1. The highest BCUT2D eigenvalue weighted by Crippen LogP contribution is 2.42. The Kier molecular flexibility index (Phi) is 5.83. The topological polar surface area (TPSA) is 75.8 Å². The fourth-order valence-electron chi connectivity index (χ4n) is 1.99. The van der Waals surface area contributed by atoms with Gasteiger partial charge >= 0.3 is 5.97 Å². The highest BCUT2D eigenvalue weighted by molar-refractivity contribution is 8.01. The Morgan fingerprint density at radius 1 is 1.23 bits per heavy atom. The second-order valence-corrected chi connectivity index (χ2v) is 5.60. The Bertz CT molecular complexity index is 622. The summed E-state index contributed by atoms with van der Waals surface area (Å²) in [4.78, 5) is 16.9. The zero-order valence-electron chi connectivity index (χ0n) is 12.2. The van der Waals surface area contributed by atoms with Gasteiger partial charge < -0.3 is 10.8 Å². The SMILES string of the molecule is CON1c2ccccc2SC1C(=O)O.NCc1ccccc1. The van der Waals surface area contributed by atoms with Crippen molar-refractivity contribution in [3.05, 3.63) is 60.2 Å². The van der Waals surface area contributed by atoms with Crippen LogP contribution in [0.4, 0.5) is 5.69 Å². The average molecular weight is 318 g/mol. The number of carboxylic acids is 1. The molecule has 1 aliphatic rings. The minimum atomic E-state index is -0.895. The molecule has 0 radical (unpaired) electrons. The molecule has 0 fully saturated rings. The van der Waals surface area contributed by atoms with E-state index >= 15 is 0 Å². The lowest BCUT2D eigenvalue weighted by molar-refractivity contribution is -0.137. The van der Waals surface area contributed by atoms with Gasteiger partial charge in [-0.05, 0) is 17.7 Å². The molecule has 0 bridgehead atoms. The number of benzene rings is 2. The van der Waals surface area contributed by atoms with Crippen molar-refractivity contribution in [3.63, 3.8) is 0 Å². The van der Waals surface area contributed by atoms with Gasteiger partial charge in [-0.1, -0.05) is 54.2 Å². The fourth-order valence-corrected chi connectivity index (χ4v) is 3.06. The van der Waals surface area contributed by atoms with E-state index in [1.165, 1.54) is 29.5 Å². The Morgan fingerprint density at radius 2 is 1.86 bits per heavy atom. The maximum Gasteiger partial charge on any atom is 0.339 e. The first-order valence-electron chi connectivity index (χ1n) is 6.73. The van der Waals surface area contributed by atoms with Gasteiger partial charge in [-0.2, -0.15) is 0 Å². The zero-order valence-corrected chi connectivity index (χ0v) is 13.0. The number of nitrogens with zero attached hydrogens (tertiary/aromatic N) is 1. The van der Waals surface area contributed by atoms with Crippen molar-refractivity contribution in [3.8, 4) is 0 Å². The van der Waals surface area contributed by atoms with Crippen molar-refractivity contribution in [2.24, 2.45) is 5.73 Å². The summed E-state index contributed by atoms with van der Waals surface area (Å²) in [5.74, 6) is -0.895. The Labute approximate surface area is 133 Å². The van der Waals surface area contributed by atoms with Crippen molar-refractivity contribution in [1.29, 1.82) is 0 Å². The van der Waals surface area contributed by atoms with Gasteiger partial charge in [-0.3, -0.25) is 4.84 Å². The lowest BCUT2D eigenvalue weighted by atomic mass is 10.2. The van der Waals surface area contributed by atoms with E-state index in [1.54, 1.807) is 0 Å². The van der Waals surface area contributed by atoms with E-state index in [1.807, 2.05) is 54.6 Å². The standard InChI is InChI=1S/C9H9NO3S.C7H9N/c1-13-10-6-4-2-3-5-7(6)14-8(10)9(11)12;8-6-7-4-2-1-3-5-7/h2-5,8H,1H3,(H,11,12);1-5H,6,8H2. The Hall–Kier alpha value is -2.02. The highest BCUT2D eigenvalue weighted by atomic mass is 32.2. The molecule has 1 aliphatic heterocycles. The molecular weight excluding hydrogens is 300 g/mol. The molecule has 0 aromatic heterocycles. The molecular formula is C16H18N2O3S. The average Bonchev–Trinajstić information content (AvgIpc) is 2.95. The second kappa shape index (κ2) is 7.84. The number of aliphatic carboxylic acids is 1. The molecule has 6 heteroatoms.